The van der Waals surface area contributed by atoms with E-state index in [1.54, 1.807) is 23.6 Å². The van der Waals surface area contributed by atoms with E-state index in [4.69, 9.17) is 11.6 Å². The normalized spacial score (nSPS) is 12.3. The summed E-state index contributed by atoms with van der Waals surface area (Å²) in [5.74, 6) is 0.653. The van der Waals surface area contributed by atoms with Crippen molar-refractivity contribution in [3.8, 4) is 0 Å². The van der Waals surface area contributed by atoms with Crippen LogP contribution < -0.4 is 5.32 Å². The van der Waals surface area contributed by atoms with E-state index in [2.05, 4.69) is 21.2 Å². The summed E-state index contributed by atoms with van der Waals surface area (Å²) in [5.41, 5.74) is 0.624. The van der Waals surface area contributed by atoms with Crippen LogP contribution in [0.4, 0.5) is 0 Å². The Morgan fingerprint density at radius 1 is 1.16 bits per heavy atom. The van der Waals surface area contributed by atoms with E-state index in [9.17, 15) is 9.59 Å². The number of nitrogens with zero attached hydrogens (tertiary/aromatic N) is 1. The number of nitrogens with one attached hydrogen (secondary N) is 1. The van der Waals surface area contributed by atoms with Crippen LogP contribution in [0.25, 0.3) is 0 Å². The molecule has 0 aliphatic carbocycles. The number of hydrogen-bond acceptors (Lipinski definition) is 3. The van der Waals surface area contributed by atoms with Crippen molar-refractivity contribution >= 4 is 51.1 Å². The van der Waals surface area contributed by atoms with Crippen molar-refractivity contribution in [3.05, 3.63) is 63.6 Å². The van der Waals surface area contributed by atoms with Gasteiger partial charge in [0.15, 0.2) is 0 Å². The van der Waals surface area contributed by atoms with Crippen LogP contribution in [-0.2, 0) is 16.1 Å². The Labute approximate surface area is 203 Å². The van der Waals surface area contributed by atoms with Gasteiger partial charge in [0, 0.05) is 32.9 Å². The van der Waals surface area contributed by atoms with Crippen LogP contribution >= 0.6 is 39.3 Å². The molecule has 168 valence electrons. The number of benzene rings is 2. The molecule has 2 amide bonds. The highest BCUT2D eigenvalue weighted by Gasteiger charge is 2.28. The molecule has 0 fully saturated rings. The predicted octanol–water partition coefficient (Wildman–Crippen LogP) is 6.31. The molecule has 4 nitrogen and oxygen atoms in total. The molecule has 31 heavy (non-hydrogen) atoms. The van der Waals surface area contributed by atoms with E-state index in [0.717, 1.165) is 27.1 Å². The van der Waals surface area contributed by atoms with Crippen LogP contribution in [0.15, 0.2) is 57.9 Å². The minimum Gasteiger partial charge on any atom is -0.350 e. The summed E-state index contributed by atoms with van der Waals surface area (Å²) in [6, 6.07) is 15.0. The number of halogens is 2. The average molecular weight is 526 g/mol. The molecular weight excluding hydrogens is 496 g/mol. The molecule has 0 bridgehead atoms. The second kappa shape index (κ2) is 11.9. The van der Waals surface area contributed by atoms with E-state index in [-0.39, 0.29) is 17.4 Å². The molecule has 0 aliphatic heterocycles. The van der Waals surface area contributed by atoms with Crippen molar-refractivity contribution in [2.24, 2.45) is 0 Å². The van der Waals surface area contributed by atoms with Crippen molar-refractivity contribution in [2.45, 2.75) is 63.6 Å². The van der Waals surface area contributed by atoms with Crippen LogP contribution in [0.3, 0.4) is 0 Å². The predicted molar refractivity (Wildman–Crippen MR) is 133 cm³/mol. The molecule has 0 heterocycles. The van der Waals surface area contributed by atoms with E-state index in [0.29, 0.717) is 18.0 Å². The molecule has 0 saturated carbocycles. The van der Waals surface area contributed by atoms with Gasteiger partial charge in [-0.05, 0) is 81.8 Å². The molecule has 0 aliphatic rings. The van der Waals surface area contributed by atoms with Gasteiger partial charge >= 0.3 is 0 Å². The maximum atomic E-state index is 13.1. The summed E-state index contributed by atoms with van der Waals surface area (Å²) in [6.45, 7) is 7.99. The highest BCUT2D eigenvalue weighted by Crippen LogP contribution is 2.22. The third-order valence-electron chi connectivity index (χ3n) is 4.52. The summed E-state index contributed by atoms with van der Waals surface area (Å²) >= 11 is 11.1. The van der Waals surface area contributed by atoms with Gasteiger partial charge < -0.3 is 10.2 Å². The van der Waals surface area contributed by atoms with E-state index in [1.807, 2.05) is 69.3 Å². The van der Waals surface area contributed by atoms with Crippen molar-refractivity contribution in [3.63, 3.8) is 0 Å². The smallest absolute Gasteiger partial charge is 0.242 e. The van der Waals surface area contributed by atoms with Gasteiger partial charge in [0.05, 0.1) is 0 Å². The first-order valence-electron chi connectivity index (χ1n) is 10.3. The van der Waals surface area contributed by atoms with Gasteiger partial charge in [0.25, 0.3) is 0 Å². The minimum absolute atomic E-state index is 0.0201. The molecule has 1 atom stereocenters. The van der Waals surface area contributed by atoms with E-state index in [1.165, 1.54) is 0 Å². The number of carbonyl (C=O) groups is 2. The summed E-state index contributed by atoms with van der Waals surface area (Å²) in [4.78, 5) is 28.7. The van der Waals surface area contributed by atoms with E-state index < -0.39 is 6.04 Å². The monoisotopic (exact) mass is 524 g/mol. The van der Waals surface area contributed by atoms with Gasteiger partial charge in [-0.2, -0.15) is 0 Å². The molecule has 0 spiro atoms. The quantitative estimate of drug-likeness (QED) is 0.308. The van der Waals surface area contributed by atoms with Crippen LogP contribution in [0.2, 0.25) is 5.02 Å². The zero-order chi connectivity index (χ0) is 23.0. The SMILES string of the molecule is C[C@@H](C(=O)NC(C)(C)C)N(Cc1cccc(Br)c1)C(=O)CCCSc1ccc(Cl)cc1. The summed E-state index contributed by atoms with van der Waals surface area (Å²) < 4.78 is 0.948. The lowest BCUT2D eigenvalue weighted by Crippen LogP contribution is -2.52. The third-order valence-corrected chi connectivity index (χ3v) is 6.37. The number of carbonyl (C=O) groups excluding carboxylic acids is 2. The average Bonchev–Trinajstić information content (AvgIpc) is 2.69. The van der Waals surface area contributed by atoms with Gasteiger partial charge in [-0.3, -0.25) is 9.59 Å². The van der Waals surface area contributed by atoms with Crippen molar-refractivity contribution < 1.29 is 9.59 Å². The first-order valence-corrected chi connectivity index (χ1v) is 12.4. The Morgan fingerprint density at radius 3 is 2.45 bits per heavy atom. The van der Waals surface area contributed by atoms with Crippen LogP contribution in [-0.4, -0.2) is 34.0 Å². The second-order valence-electron chi connectivity index (χ2n) is 8.47. The highest BCUT2D eigenvalue weighted by atomic mass is 79.9. The zero-order valence-corrected chi connectivity index (χ0v) is 21.6. The Morgan fingerprint density at radius 2 is 1.84 bits per heavy atom. The standard InChI is InChI=1S/C24H30BrClN2O2S/c1-17(23(30)27-24(2,3)4)28(16-18-7-5-8-19(25)15-18)22(29)9-6-14-31-21-12-10-20(26)11-13-21/h5,7-8,10-13,15,17H,6,9,14,16H2,1-4H3,(H,27,30)/t17-/m0/s1. The van der Waals surface area contributed by atoms with Crippen LogP contribution in [0, 0.1) is 0 Å². The topological polar surface area (TPSA) is 49.4 Å². The Hall–Kier alpha value is -1.50. The molecule has 2 aromatic carbocycles. The zero-order valence-electron chi connectivity index (χ0n) is 18.5. The first-order chi connectivity index (χ1) is 14.5. The van der Waals surface area contributed by atoms with Gasteiger partial charge in [-0.25, -0.2) is 0 Å². The van der Waals surface area contributed by atoms with Crippen molar-refractivity contribution in [1.29, 1.82) is 0 Å². The number of thioether (sulfide) groups is 1. The molecule has 0 aromatic heterocycles. The minimum atomic E-state index is -0.561. The van der Waals surface area contributed by atoms with Crippen LogP contribution in [0.1, 0.15) is 46.1 Å². The molecular formula is C24H30BrClN2O2S. The second-order valence-corrected chi connectivity index (χ2v) is 11.0. The maximum absolute atomic E-state index is 13.1. The largest absolute Gasteiger partial charge is 0.350 e. The maximum Gasteiger partial charge on any atom is 0.242 e. The molecule has 0 saturated heterocycles. The van der Waals surface area contributed by atoms with E-state index >= 15 is 0 Å². The molecule has 0 radical (unpaired) electrons. The summed E-state index contributed by atoms with van der Waals surface area (Å²) in [6.07, 6.45) is 1.12. The third kappa shape index (κ3) is 9.26. The lowest BCUT2D eigenvalue weighted by atomic mass is 10.1. The highest BCUT2D eigenvalue weighted by molar-refractivity contribution is 9.10. The fourth-order valence-electron chi connectivity index (χ4n) is 2.98. The number of hydrogen-bond donors (Lipinski definition) is 1. The summed E-state index contributed by atoms with van der Waals surface area (Å²) in [5, 5.41) is 3.70. The lowest BCUT2D eigenvalue weighted by Gasteiger charge is -2.31. The molecule has 1 N–H and O–H groups in total. The van der Waals surface area contributed by atoms with Crippen molar-refractivity contribution in [1.82, 2.24) is 10.2 Å². The number of rotatable bonds is 9. The number of amides is 2. The molecule has 7 heteroatoms. The Kier molecular flexibility index (Phi) is 9.91. The van der Waals surface area contributed by atoms with Gasteiger partial charge in [0.2, 0.25) is 11.8 Å². The van der Waals surface area contributed by atoms with Crippen LogP contribution in [0.5, 0.6) is 0 Å². The molecule has 0 unspecified atom stereocenters. The Bertz CT molecular complexity index is 884. The van der Waals surface area contributed by atoms with Gasteiger partial charge in [-0.15, -0.1) is 11.8 Å². The first kappa shape index (κ1) is 25.8. The fraction of sp³-hybridized carbons (Fsp3) is 0.417. The van der Waals surface area contributed by atoms with Gasteiger partial charge in [0.1, 0.15) is 6.04 Å². The fourth-order valence-corrected chi connectivity index (χ4v) is 4.40. The Balaban J connectivity index is 2.02. The summed E-state index contributed by atoms with van der Waals surface area (Å²) in [7, 11) is 0. The molecule has 2 rings (SSSR count). The van der Waals surface area contributed by atoms with Gasteiger partial charge in [-0.1, -0.05) is 39.7 Å². The van der Waals surface area contributed by atoms with Crippen molar-refractivity contribution in [2.75, 3.05) is 5.75 Å². The molecule has 2 aromatic rings. The lowest BCUT2D eigenvalue weighted by molar-refractivity contribution is -0.141.